The van der Waals surface area contributed by atoms with Gasteiger partial charge in [0.25, 0.3) is 0 Å². The average molecular weight is 433 g/mol. The lowest BCUT2D eigenvalue weighted by atomic mass is 9.97. The Kier molecular flexibility index (Phi) is 7.66. The standard InChI is InChI=1S/C27H28O5/c1-4-9-24-21(14-15-22(18(3)28)26(24)29)17-32-25-13-7-6-12-23(25)19-10-8-11-20(16-19)27(30)31-5-2/h6-8,10-16,29H,4-5,9,17H2,1-3H3. The molecule has 5 heteroatoms. The van der Waals surface area contributed by atoms with Crippen LogP contribution >= 0.6 is 0 Å². The predicted molar refractivity (Wildman–Crippen MR) is 124 cm³/mol. The number of phenols is 1. The molecule has 166 valence electrons. The quantitative estimate of drug-likeness (QED) is 0.333. The van der Waals surface area contributed by atoms with Crippen molar-refractivity contribution in [3.63, 3.8) is 0 Å². The molecule has 0 atom stereocenters. The Bertz CT molecular complexity index is 1120. The molecule has 0 bridgehead atoms. The largest absolute Gasteiger partial charge is 0.507 e. The predicted octanol–water partition coefficient (Wildman–Crippen LogP) is 5.97. The van der Waals surface area contributed by atoms with Gasteiger partial charge in [0.1, 0.15) is 18.1 Å². The lowest BCUT2D eigenvalue weighted by Crippen LogP contribution is -2.05. The summed E-state index contributed by atoms with van der Waals surface area (Å²) in [5, 5.41) is 10.6. The van der Waals surface area contributed by atoms with Crippen LogP contribution in [0.5, 0.6) is 11.5 Å². The van der Waals surface area contributed by atoms with Crippen molar-refractivity contribution in [3.8, 4) is 22.6 Å². The molecule has 0 amide bonds. The number of hydrogen-bond donors (Lipinski definition) is 1. The molecule has 32 heavy (non-hydrogen) atoms. The van der Waals surface area contributed by atoms with E-state index in [1.165, 1.54) is 6.92 Å². The van der Waals surface area contributed by atoms with E-state index in [0.29, 0.717) is 29.9 Å². The lowest BCUT2D eigenvalue weighted by molar-refractivity contribution is 0.0526. The molecule has 0 spiro atoms. The molecule has 0 unspecified atom stereocenters. The van der Waals surface area contributed by atoms with Crippen molar-refractivity contribution in [2.75, 3.05) is 6.61 Å². The van der Waals surface area contributed by atoms with Gasteiger partial charge in [-0.1, -0.05) is 49.7 Å². The van der Waals surface area contributed by atoms with E-state index in [4.69, 9.17) is 9.47 Å². The number of rotatable bonds is 9. The topological polar surface area (TPSA) is 72.8 Å². The summed E-state index contributed by atoms with van der Waals surface area (Å²) in [6.45, 7) is 5.81. The minimum absolute atomic E-state index is 0.0378. The molecule has 0 aliphatic heterocycles. The SMILES string of the molecule is CCCc1c(COc2ccccc2-c2cccc(C(=O)OCC)c2)ccc(C(C)=O)c1O. The molecular weight excluding hydrogens is 404 g/mol. The van der Waals surface area contributed by atoms with Crippen LogP contribution in [0, 0.1) is 0 Å². The maximum atomic E-state index is 12.1. The number of hydrogen-bond acceptors (Lipinski definition) is 5. The first-order valence-electron chi connectivity index (χ1n) is 10.8. The first-order valence-corrected chi connectivity index (χ1v) is 10.8. The van der Waals surface area contributed by atoms with Crippen molar-refractivity contribution in [2.24, 2.45) is 0 Å². The number of phenolic OH excluding ortho intramolecular Hbond substituents is 1. The highest BCUT2D eigenvalue weighted by Crippen LogP contribution is 2.33. The monoisotopic (exact) mass is 432 g/mol. The Hall–Kier alpha value is -3.60. The highest BCUT2D eigenvalue weighted by atomic mass is 16.5. The zero-order chi connectivity index (χ0) is 23.1. The normalized spacial score (nSPS) is 10.6. The summed E-state index contributed by atoms with van der Waals surface area (Å²) in [4.78, 5) is 23.9. The van der Waals surface area contributed by atoms with Gasteiger partial charge in [0.2, 0.25) is 0 Å². The number of Topliss-reactive ketones (excluding diaryl/α,β-unsaturated/α-hetero) is 1. The summed E-state index contributed by atoms with van der Waals surface area (Å²) < 4.78 is 11.3. The van der Waals surface area contributed by atoms with Gasteiger partial charge in [-0.3, -0.25) is 4.79 Å². The highest BCUT2D eigenvalue weighted by molar-refractivity contribution is 5.97. The number of para-hydroxylation sites is 1. The van der Waals surface area contributed by atoms with Gasteiger partial charge < -0.3 is 14.6 Å². The van der Waals surface area contributed by atoms with Gasteiger partial charge in [0.15, 0.2) is 5.78 Å². The van der Waals surface area contributed by atoms with E-state index >= 15 is 0 Å². The summed E-state index contributed by atoms with van der Waals surface area (Å²) in [5.74, 6) is 0.166. The molecule has 3 aromatic carbocycles. The molecule has 0 aliphatic rings. The summed E-state index contributed by atoms with van der Waals surface area (Å²) in [7, 11) is 0. The van der Waals surface area contributed by atoms with Crippen molar-refractivity contribution < 1.29 is 24.2 Å². The molecule has 0 heterocycles. The van der Waals surface area contributed by atoms with Gasteiger partial charge >= 0.3 is 5.97 Å². The lowest BCUT2D eigenvalue weighted by Gasteiger charge is -2.16. The van der Waals surface area contributed by atoms with E-state index in [1.807, 2.05) is 49.4 Å². The molecule has 5 nitrogen and oxygen atoms in total. The van der Waals surface area contributed by atoms with Gasteiger partial charge in [0.05, 0.1) is 17.7 Å². The molecule has 0 aliphatic carbocycles. The van der Waals surface area contributed by atoms with Crippen LogP contribution in [-0.2, 0) is 17.8 Å². The third kappa shape index (κ3) is 5.17. The van der Waals surface area contributed by atoms with Gasteiger partial charge in [-0.15, -0.1) is 0 Å². The Morgan fingerprint density at radius 1 is 0.969 bits per heavy atom. The second-order valence-corrected chi connectivity index (χ2v) is 7.49. The zero-order valence-electron chi connectivity index (χ0n) is 18.7. The molecule has 0 fully saturated rings. The van der Waals surface area contributed by atoms with Gasteiger partial charge in [-0.2, -0.15) is 0 Å². The second kappa shape index (κ2) is 10.6. The molecule has 1 N–H and O–H groups in total. The average Bonchev–Trinajstić information content (AvgIpc) is 2.79. The fourth-order valence-electron chi connectivity index (χ4n) is 3.64. The van der Waals surface area contributed by atoms with Crippen LogP contribution in [0.25, 0.3) is 11.1 Å². The summed E-state index contributed by atoms with van der Waals surface area (Å²) in [6, 6.07) is 18.3. The van der Waals surface area contributed by atoms with Crippen LogP contribution in [0.2, 0.25) is 0 Å². The van der Waals surface area contributed by atoms with Crippen molar-refractivity contribution in [1.29, 1.82) is 0 Å². The number of ether oxygens (including phenoxy) is 2. The smallest absolute Gasteiger partial charge is 0.338 e. The molecular formula is C27H28O5. The van der Waals surface area contributed by atoms with E-state index < -0.39 is 0 Å². The van der Waals surface area contributed by atoms with Crippen molar-refractivity contribution >= 4 is 11.8 Å². The highest BCUT2D eigenvalue weighted by Gasteiger charge is 2.16. The van der Waals surface area contributed by atoms with E-state index in [1.54, 1.807) is 25.1 Å². The molecule has 0 aromatic heterocycles. The molecule has 0 saturated carbocycles. The first-order chi connectivity index (χ1) is 15.5. The molecule has 3 rings (SSSR count). The zero-order valence-corrected chi connectivity index (χ0v) is 18.7. The Morgan fingerprint density at radius 3 is 2.47 bits per heavy atom. The number of ketones is 1. The number of esters is 1. The number of aromatic hydroxyl groups is 1. The van der Waals surface area contributed by atoms with Crippen LogP contribution in [-0.4, -0.2) is 23.5 Å². The molecule has 0 saturated heterocycles. The summed E-state index contributed by atoms with van der Waals surface area (Å²) in [5.41, 5.74) is 4.07. The van der Waals surface area contributed by atoms with Crippen molar-refractivity contribution in [3.05, 3.63) is 82.9 Å². The van der Waals surface area contributed by atoms with Crippen LogP contribution < -0.4 is 4.74 Å². The van der Waals surface area contributed by atoms with Crippen LogP contribution in [0.4, 0.5) is 0 Å². The van der Waals surface area contributed by atoms with E-state index in [2.05, 4.69) is 0 Å². The Labute approximate surface area is 188 Å². The first kappa shape index (κ1) is 23.1. The second-order valence-electron chi connectivity index (χ2n) is 7.49. The van der Waals surface area contributed by atoms with Crippen molar-refractivity contribution in [1.82, 2.24) is 0 Å². The summed E-state index contributed by atoms with van der Waals surface area (Å²) >= 11 is 0. The number of carbonyl (C=O) groups is 2. The minimum atomic E-state index is -0.363. The van der Waals surface area contributed by atoms with E-state index in [9.17, 15) is 14.7 Å². The third-order valence-electron chi connectivity index (χ3n) is 5.21. The minimum Gasteiger partial charge on any atom is -0.507 e. The number of carbonyl (C=O) groups excluding carboxylic acids is 2. The van der Waals surface area contributed by atoms with Gasteiger partial charge in [-0.25, -0.2) is 4.79 Å². The fraction of sp³-hybridized carbons (Fsp3) is 0.259. The third-order valence-corrected chi connectivity index (χ3v) is 5.21. The maximum absolute atomic E-state index is 12.1. The van der Waals surface area contributed by atoms with Crippen molar-refractivity contribution in [2.45, 2.75) is 40.2 Å². The van der Waals surface area contributed by atoms with E-state index in [0.717, 1.165) is 28.7 Å². The van der Waals surface area contributed by atoms with Gasteiger partial charge in [-0.05, 0) is 55.7 Å². The fourth-order valence-corrected chi connectivity index (χ4v) is 3.64. The van der Waals surface area contributed by atoms with Gasteiger partial charge in [0, 0.05) is 11.1 Å². The maximum Gasteiger partial charge on any atom is 0.338 e. The van der Waals surface area contributed by atoms with E-state index in [-0.39, 0.29) is 24.1 Å². The molecule has 3 aromatic rings. The Balaban J connectivity index is 1.90. The number of benzene rings is 3. The molecule has 0 radical (unpaired) electrons. The van der Waals surface area contributed by atoms with Crippen LogP contribution in [0.3, 0.4) is 0 Å². The Morgan fingerprint density at radius 2 is 1.75 bits per heavy atom. The summed E-state index contributed by atoms with van der Waals surface area (Å²) in [6.07, 6.45) is 1.48. The van der Waals surface area contributed by atoms with Crippen LogP contribution in [0.1, 0.15) is 59.0 Å². The van der Waals surface area contributed by atoms with Crippen LogP contribution in [0.15, 0.2) is 60.7 Å².